The van der Waals surface area contributed by atoms with Crippen LogP contribution in [-0.2, 0) is 0 Å². The highest BCUT2D eigenvalue weighted by molar-refractivity contribution is 5.40. The second kappa shape index (κ2) is 4.44. The molecule has 3 N–H and O–H groups in total. The summed E-state index contributed by atoms with van der Waals surface area (Å²) in [5.41, 5.74) is 5.68. The standard InChI is InChI=1S/C10H15N5O/c1-6(2)7(5-11)10-14-9(15-16-10)8-12-3-4-13-8/h3-4,6-7H,5,11H2,1-2H3,(H,12,13). The molecule has 2 rings (SSSR count). The van der Waals surface area contributed by atoms with Crippen LogP contribution < -0.4 is 5.73 Å². The van der Waals surface area contributed by atoms with E-state index < -0.39 is 0 Å². The average Bonchev–Trinajstić information content (AvgIpc) is 2.86. The molecule has 2 heterocycles. The molecule has 86 valence electrons. The topological polar surface area (TPSA) is 93.6 Å². The van der Waals surface area contributed by atoms with E-state index >= 15 is 0 Å². The predicted molar refractivity (Wildman–Crippen MR) is 58.5 cm³/mol. The van der Waals surface area contributed by atoms with Crippen LogP contribution in [0.2, 0.25) is 0 Å². The molecule has 0 amide bonds. The molecular weight excluding hydrogens is 206 g/mol. The lowest BCUT2D eigenvalue weighted by molar-refractivity contribution is 0.324. The summed E-state index contributed by atoms with van der Waals surface area (Å²) in [5, 5.41) is 3.87. The number of nitrogens with two attached hydrogens (primary N) is 1. The van der Waals surface area contributed by atoms with Gasteiger partial charge in [-0.15, -0.1) is 0 Å². The van der Waals surface area contributed by atoms with Crippen LogP contribution in [-0.4, -0.2) is 26.7 Å². The highest BCUT2D eigenvalue weighted by Crippen LogP contribution is 2.23. The molecule has 0 saturated heterocycles. The summed E-state index contributed by atoms with van der Waals surface area (Å²) in [6, 6.07) is 0. The van der Waals surface area contributed by atoms with Gasteiger partial charge in [-0.25, -0.2) is 4.98 Å². The van der Waals surface area contributed by atoms with Gasteiger partial charge in [0.2, 0.25) is 11.7 Å². The molecule has 0 saturated carbocycles. The van der Waals surface area contributed by atoms with Gasteiger partial charge in [0.1, 0.15) is 0 Å². The Balaban J connectivity index is 2.25. The Morgan fingerprint density at radius 3 is 2.88 bits per heavy atom. The van der Waals surface area contributed by atoms with Gasteiger partial charge < -0.3 is 15.2 Å². The number of hydrogen-bond acceptors (Lipinski definition) is 5. The maximum atomic E-state index is 5.68. The van der Waals surface area contributed by atoms with E-state index in [1.54, 1.807) is 12.4 Å². The smallest absolute Gasteiger partial charge is 0.238 e. The molecule has 2 aromatic heterocycles. The average molecular weight is 221 g/mol. The molecule has 2 aromatic rings. The Morgan fingerprint density at radius 2 is 2.31 bits per heavy atom. The maximum Gasteiger partial charge on any atom is 0.238 e. The van der Waals surface area contributed by atoms with Crippen molar-refractivity contribution >= 4 is 0 Å². The van der Waals surface area contributed by atoms with Gasteiger partial charge in [0.15, 0.2) is 5.82 Å². The van der Waals surface area contributed by atoms with E-state index in [9.17, 15) is 0 Å². The summed E-state index contributed by atoms with van der Waals surface area (Å²) in [4.78, 5) is 11.3. The van der Waals surface area contributed by atoms with E-state index in [-0.39, 0.29) is 5.92 Å². The van der Waals surface area contributed by atoms with Crippen molar-refractivity contribution in [1.82, 2.24) is 20.1 Å². The zero-order valence-corrected chi connectivity index (χ0v) is 9.34. The molecule has 0 aliphatic rings. The van der Waals surface area contributed by atoms with Gasteiger partial charge in [-0.05, 0) is 5.92 Å². The van der Waals surface area contributed by atoms with Crippen LogP contribution in [0, 0.1) is 5.92 Å². The molecule has 0 fully saturated rings. The SMILES string of the molecule is CC(C)C(CN)c1nc(-c2ncc[nH]2)no1. The number of imidazole rings is 1. The third-order valence-electron chi connectivity index (χ3n) is 2.53. The van der Waals surface area contributed by atoms with Crippen molar-refractivity contribution in [1.29, 1.82) is 0 Å². The summed E-state index contributed by atoms with van der Waals surface area (Å²) < 4.78 is 5.20. The van der Waals surface area contributed by atoms with Crippen LogP contribution in [0.4, 0.5) is 0 Å². The first-order valence-corrected chi connectivity index (χ1v) is 5.25. The van der Waals surface area contributed by atoms with Crippen LogP contribution in [0.5, 0.6) is 0 Å². The minimum absolute atomic E-state index is 0.0937. The molecule has 1 unspecified atom stereocenters. The Labute approximate surface area is 93.3 Å². The summed E-state index contributed by atoms with van der Waals surface area (Å²) in [6.45, 7) is 4.65. The van der Waals surface area contributed by atoms with Crippen molar-refractivity contribution in [3.8, 4) is 11.6 Å². The van der Waals surface area contributed by atoms with Crippen LogP contribution in [0.25, 0.3) is 11.6 Å². The minimum Gasteiger partial charge on any atom is -0.342 e. The van der Waals surface area contributed by atoms with E-state index in [4.69, 9.17) is 10.3 Å². The lowest BCUT2D eigenvalue weighted by Gasteiger charge is -2.13. The molecule has 0 aliphatic carbocycles. The summed E-state index contributed by atoms with van der Waals surface area (Å²) in [7, 11) is 0. The van der Waals surface area contributed by atoms with Gasteiger partial charge in [0, 0.05) is 18.9 Å². The molecule has 6 nitrogen and oxygen atoms in total. The van der Waals surface area contributed by atoms with Crippen LogP contribution >= 0.6 is 0 Å². The first kappa shape index (κ1) is 10.8. The number of hydrogen-bond donors (Lipinski definition) is 2. The third-order valence-corrected chi connectivity index (χ3v) is 2.53. The number of H-pyrrole nitrogens is 1. The van der Waals surface area contributed by atoms with Gasteiger partial charge in [0.25, 0.3) is 0 Å². The van der Waals surface area contributed by atoms with Gasteiger partial charge >= 0.3 is 0 Å². The fourth-order valence-corrected chi connectivity index (χ4v) is 1.53. The lowest BCUT2D eigenvalue weighted by Crippen LogP contribution is -2.18. The van der Waals surface area contributed by atoms with Crippen molar-refractivity contribution in [2.24, 2.45) is 11.7 Å². The fourth-order valence-electron chi connectivity index (χ4n) is 1.53. The summed E-state index contributed by atoms with van der Waals surface area (Å²) >= 11 is 0. The van der Waals surface area contributed by atoms with Crippen molar-refractivity contribution in [2.75, 3.05) is 6.54 Å². The predicted octanol–water partition coefficient (Wildman–Crippen LogP) is 1.16. The van der Waals surface area contributed by atoms with Crippen molar-refractivity contribution in [3.05, 3.63) is 18.3 Å². The quantitative estimate of drug-likeness (QED) is 0.807. The van der Waals surface area contributed by atoms with Gasteiger partial charge in [-0.3, -0.25) is 0 Å². The molecule has 16 heavy (non-hydrogen) atoms. The fraction of sp³-hybridized carbons (Fsp3) is 0.500. The van der Waals surface area contributed by atoms with Crippen molar-refractivity contribution in [2.45, 2.75) is 19.8 Å². The Kier molecular flexibility index (Phi) is 3.00. The monoisotopic (exact) mass is 221 g/mol. The zero-order chi connectivity index (χ0) is 11.5. The van der Waals surface area contributed by atoms with Crippen LogP contribution in [0.3, 0.4) is 0 Å². The highest BCUT2D eigenvalue weighted by atomic mass is 16.5. The zero-order valence-electron chi connectivity index (χ0n) is 9.34. The van der Waals surface area contributed by atoms with Gasteiger partial charge in [-0.1, -0.05) is 19.0 Å². The number of nitrogens with zero attached hydrogens (tertiary/aromatic N) is 3. The number of nitrogens with one attached hydrogen (secondary N) is 1. The molecule has 0 radical (unpaired) electrons. The Bertz CT molecular complexity index is 434. The number of aromatic nitrogens is 4. The Hall–Kier alpha value is -1.69. The van der Waals surface area contributed by atoms with Gasteiger partial charge in [-0.2, -0.15) is 4.98 Å². The maximum absolute atomic E-state index is 5.68. The first-order valence-electron chi connectivity index (χ1n) is 5.25. The second-order valence-electron chi connectivity index (χ2n) is 3.98. The lowest BCUT2D eigenvalue weighted by atomic mass is 9.96. The van der Waals surface area contributed by atoms with E-state index in [1.165, 1.54) is 0 Å². The number of rotatable bonds is 4. The van der Waals surface area contributed by atoms with E-state index in [0.29, 0.717) is 30.0 Å². The minimum atomic E-state index is 0.0937. The van der Waals surface area contributed by atoms with Crippen LogP contribution in [0.15, 0.2) is 16.9 Å². The van der Waals surface area contributed by atoms with Crippen molar-refractivity contribution in [3.63, 3.8) is 0 Å². The largest absolute Gasteiger partial charge is 0.342 e. The van der Waals surface area contributed by atoms with E-state index in [2.05, 4.69) is 34.0 Å². The Morgan fingerprint density at radius 1 is 1.50 bits per heavy atom. The number of aromatic amines is 1. The molecule has 0 aliphatic heterocycles. The van der Waals surface area contributed by atoms with Crippen molar-refractivity contribution < 1.29 is 4.52 Å². The highest BCUT2D eigenvalue weighted by Gasteiger charge is 2.21. The molecular formula is C10H15N5O. The molecule has 0 spiro atoms. The van der Waals surface area contributed by atoms with E-state index in [1.807, 2.05) is 0 Å². The molecule has 6 heteroatoms. The second-order valence-corrected chi connectivity index (χ2v) is 3.98. The molecule has 0 bridgehead atoms. The molecule has 1 atom stereocenters. The van der Waals surface area contributed by atoms with Crippen LogP contribution in [0.1, 0.15) is 25.7 Å². The van der Waals surface area contributed by atoms with Gasteiger partial charge in [0.05, 0.1) is 5.92 Å². The summed E-state index contributed by atoms with van der Waals surface area (Å²) in [5.74, 6) is 2.11. The first-order chi connectivity index (χ1) is 7.72. The molecule has 0 aromatic carbocycles. The van der Waals surface area contributed by atoms with E-state index in [0.717, 1.165) is 0 Å². The third kappa shape index (κ3) is 1.96. The normalized spacial score (nSPS) is 13.2. The summed E-state index contributed by atoms with van der Waals surface area (Å²) in [6.07, 6.45) is 3.36.